The fourth-order valence-corrected chi connectivity index (χ4v) is 4.13. The van der Waals surface area contributed by atoms with Gasteiger partial charge in [0.25, 0.3) is 0 Å². The van der Waals surface area contributed by atoms with Crippen LogP contribution in [0.15, 0.2) is 121 Å². The molecule has 4 aromatic carbocycles. The molecule has 4 aromatic rings. The molecule has 30 heavy (non-hydrogen) atoms. The third kappa shape index (κ3) is 4.00. The quantitative estimate of drug-likeness (QED) is 0.359. The Morgan fingerprint density at radius 2 is 0.900 bits per heavy atom. The van der Waals surface area contributed by atoms with Crippen molar-refractivity contribution in [2.24, 2.45) is 0 Å². The fourth-order valence-electron chi connectivity index (χ4n) is 4.13. The molecule has 1 aliphatic rings. The average Bonchev–Trinajstić information content (AvgIpc) is 3.22. The van der Waals surface area contributed by atoms with Gasteiger partial charge in [0.05, 0.1) is 0 Å². The van der Waals surface area contributed by atoms with E-state index in [9.17, 15) is 0 Å². The average molecular weight is 392 g/mol. The van der Waals surface area contributed by atoms with Gasteiger partial charge in [-0.2, -0.15) is 11.6 Å². The third-order valence-electron chi connectivity index (χ3n) is 5.44. The van der Waals surface area contributed by atoms with Gasteiger partial charge in [0, 0.05) is 0 Å². The Morgan fingerprint density at radius 1 is 0.467 bits per heavy atom. The minimum absolute atomic E-state index is 0. The Morgan fingerprint density at radius 3 is 1.43 bits per heavy atom. The van der Waals surface area contributed by atoms with E-state index in [1.807, 2.05) is 0 Å². The van der Waals surface area contributed by atoms with Crippen molar-refractivity contribution in [1.29, 1.82) is 0 Å². The van der Waals surface area contributed by atoms with Crippen molar-refractivity contribution < 1.29 is 29.6 Å². The first-order valence-electron chi connectivity index (χ1n) is 10.0. The van der Waals surface area contributed by atoms with E-state index in [0.29, 0.717) is 0 Å². The molecule has 0 spiro atoms. The number of benzene rings is 4. The molecular formula is C29H21Na. The first-order valence-corrected chi connectivity index (χ1v) is 10.0. The van der Waals surface area contributed by atoms with Crippen LogP contribution < -0.4 is 29.6 Å². The van der Waals surface area contributed by atoms with Crippen molar-refractivity contribution in [1.82, 2.24) is 0 Å². The minimum atomic E-state index is 0. The van der Waals surface area contributed by atoms with Crippen LogP contribution in [0.5, 0.6) is 0 Å². The number of hydrogen-bond acceptors (Lipinski definition) is 0. The van der Waals surface area contributed by atoms with Gasteiger partial charge in [-0.15, -0.1) is 23.3 Å². The summed E-state index contributed by atoms with van der Waals surface area (Å²) < 4.78 is 0. The smallest absolute Gasteiger partial charge is 0.188 e. The Kier molecular flexibility index (Phi) is 6.50. The van der Waals surface area contributed by atoms with E-state index in [1.54, 1.807) is 0 Å². The molecule has 0 radical (unpaired) electrons. The summed E-state index contributed by atoms with van der Waals surface area (Å²) in [5.74, 6) is 0.101. The molecule has 0 amide bonds. The van der Waals surface area contributed by atoms with Crippen molar-refractivity contribution in [3.8, 4) is 0 Å². The van der Waals surface area contributed by atoms with Crippen molar-refractivity contribution >= 4 is 16.7 Å². The summed E-state index contributed by atoms with van der Waals surface area (Å²) in [7, 11) is 0. The van der Waals surface area contributed by atoms with Crippen molar-refractivity contribution in [3.05, 3.63) is 150 Å². The van der Waals surface area contributed by atoms with Gasteiger partial charge in [-0.3, -0.25) is 0 Å². The van der Waals surface area contributed by atoms with Gasteiger partial charge in [-0.05, 0) is 17.0 Å². The summed E-state index contributed by atoms with van der Waals surface area (Å²) in [5, 5.41) is 0. The minimum Gasteiger partial charge on any atom is -0.188 e. The predicted molar refractivity (Wildman–Crippen MR) is 122 cm³/mol. The van der Waals surface area contributed by atoms with Gasteiger partial charge >= 0.3 is 29.6 Å². The Labute approximate surface area is 200 Å². The summed E-state index contributed by atoms with van der Waals surface area (Å²) in [6.07, 6.45) is 3.86. The zero-order valence-corrected chi connectivity index (χ0v) is 19.1. The summed E-state index contributed by atoms with van der Waals surface area (Å²) in [6, 6.07) is 42.8. The SMILES string of the molecule is [C-]1=C(c2ccccc2)C(c2ccccc2)=C(c2ccccc2)C1c1ccccc1.[Na+]. The van der Waals surface area contributed by atoms with E-state index in [2.05, 4.69) is 127 Å². The topological polar surface area (TPSA) is 0 Å². The van der Waals surface area contributed by atoms with Crippen LogP contribution in [-0.2, 0) is 0 Å². The van der Waals surface area contributed by atoms with Crippen LogP contribution >= 0.6 is 0 Å². The molecule has 0 heterocycles. The largest absolute Gasteiger partial charge is 1.00 e. The van der Waals surface area contributed by atoms with E-state index in [1.165, 1.54) is 39.0 Å². The van der Waals surface area contributed by atoms with Crippen LogP contribution in [0, 0.1) is 6.08 Å². The summed E-state index contributed by atoms with van der Waals surface area (Å²) in [6.45, 7) is 0. The maximum absolute atomic E-state index is 3.86. The van der Waals surface area contributed by atoms with E-state index in [4.69, 9.17) is 0 Å². The summed E-state index contributed by atoms with van der Waals surface area (Å²) in [5.41, 5.74) is 8.74. The monoisotopic (exact) mass is 392 g/mol. The van der Waals surface area contributed by atoms with Crippen LogP contribution in [0.1, 0.15) is 28.2 Å². The molecule has 0 aromatic heterocycles. The zero-order chi connectivity index (χ0) is 19.5. The van der Waals surface area contributed by atoms with Crippen molar-refractivity contribution in [2.75, 3.05) is 0 Å². The van der Waals surface area contributed by atoms with Gasteiger partial charge in [0.15, 0.2) is 0 Å². The molecule has 0 aliphatic heterocycles. The van der Waals surface area contributed by atoms with Gasteiger partial charge < -0.3 is 0 Å². The van der Waals surface area contributed by atoms with Crippen molar-refractivity contribution in [3.63, 3.8) is 0 Å². The van der Waals surface area contributed by atoms with Crippen LogP contribution in [-0.4, -0.2) is 0 Å². The molecule has 0 bridgehead atoms. The standard InChI is InChI=1S/C29H21.Na/c1-5-13-22(14-6-1)26-21-27(23-15-7-2-8-16-23)29(25-19-11-4-12-20-25)28(26)24-17-9-3-10-18-24;/h1-20,26H;/q-1;+1. The van der Waals surface area contributed by atoms with E-state index < -0.39 is 0 Å². The molecule has 0 fully saturated rings. The molecule has 0 saturated heterocycles. The third-order valence-corrected chi connectivity index (χ3v) is 5.44. The molecule has 5 rings (SSSR count). The molecular weight excluding hydrogens is 371 g/mol. The molecule has 1 aliphatic carbocycles. The fraction of sp³-hybridized carbons (Fsp3) is 0.0345. The number of rotatable bonds is 4. The van der Waals surface area contributed by atoms with Crippen LogP contribution in [0.25, 0.3) is 16.7 Å². The molecule has 1 heteroatoms. The van der Waals surface area contributed by atoms with Gasteiger partial charge in [-0.1, -0.05) is 120 Å². The van der Waals surface area contributed by atoms with Crippen LogP contribution in [0.3, 0.4) is 0 Å². The Hall–Kier alpha value is -2.64. The Bertz CT molecular complexity index is 1160. The predicted octanol–water partition coefficient (Wildman–Crippen LogP) is 4.29. The maximum atomic E-state index is 3.86. The zero-order valence-electron chi connectivity index (χ0n) is 17.1. The second-order valence-corrected chi connectivity index (χ2v) is 7.25. The molecule has 0 nitrogen and oxygen atoms in total. The summed E-state index contributed by atoms with van der Waals surface area (Å²) >= 11 is 0. The van der Waals surface area contributed by atoms with Crippen LogP contribution in [0.2, 0.25) is 0 Å². The molecule has 1 atom stereocenters. The maximum Gasteiger partial charge on any atom is 1.00 e. The normalized spacial score (nSPS) is 15.5. The second-order valence-electron chi connectivity index (χ2n) is 7.25. The van der Waals surface area contributed by atoms with Crippen LogP contribution in [0.4, 0.5) is 0 Å². The molecule has 138 valence electrons. The Balaban J connectivity index is 0.00000218. The van der Waals surface area contributed by atoms with Gasteiger partial charge in [0.2, 0.25) is 0 Å². The molecule has 1 unspecified atom stereocenters. The van der Waals surface area contributed by atoms with E-state index >= 15 is 0 Å². The molecule has 0 N–H and O–H groups in total. The van der Waals surface area contributed by atoms with E-state index in [-0.39, 0.29) is 35.5 Å². The van der Waals surface area contributed by atoms with Crippen molar-refractivity contribution in [2.45, 2.75) is 5.92 Å². The molecule has 0 saturated carbocycles. The number of hydrogen-bond donors (Lipinski definition) is 0. The first-order chi connectivity index (χ1) is 14.4. The van der Waals surface area contributed by atoms with Gasteiger partial charge in [0.1, 0.15) is 0 Å². The van der Waals surface area contributed by atoms with Gasteiger partial charge in [-0.25, -0.2) is 0 Å². The summed E-state index contributed by atoms with van der Waals surface area (Å²) in [4.78, 5) is 0. The van der Waals surface area contributed by atoms with E-state index in [0.717, 1.165) is 0 Å². The number of allylic oxidation sites excluding steroid dienone is 4. The first kappa shape index (κ1) is 20.6. The second kappa shape index (κ2) is 9.45.